The third-order valence-electron chi connectivity index (χ3n) is 2.37. The zero-order valence-corrected chi connectivity index (χ0v) is 11.2. The molecule has 0 saturated carbocycles. The number of aryl methyl sites for hydroxylation is 2. The van der Waals surface area contributed by atoms with Crippen molar-refractivity contribution in [3.8, 4) is 0 Å². The van der Waals surface area contributed by atoms with Gasteiger partial charge in [-0.3, -0.25) is 14.8 Å². The average molecular weight is 284 g/mol. The first-order valence-electron chi connectivity index (χ1n) is 5.97. The molecule has 8 heteroatoms. The molecule has 1 N–H and O–H groups in total. The maximum atomic E-state index is 11.7. The lowest BCUT2D eigenvalue weighted by Gasteiger charge is -1.99. The van der Waals surface area contributed by atoms with Crippen LogP contribution in [0.4, 0.5) is 5.95 Å². The molecular weight excluding hydrogens is 270 g/mol. The first-order chi connectivity index (χ1) is 9.17. The summed E-state index contributed by atoms with van der Waals surface area (Å²) in [4.78, 5) is 15.7. The van der Waals surface area contributed by atoms with Crippen LogP contribution in [0.2, 0.25) is 5.15 Å². The first-order valence-corrected chi connectivity index (χ1v) is 6.35. The summed E-state index contributed by atoms with van der Waals surface area (Å²) in [6, 6.07) is 1.59. The van der Waals surface area contributed by atoms with E-state index in [1.807, 2.05) is 6.92 Å². The molecule has 0 bridgehead atoms. The number of aromatic nitrogens is 4. The molecule has 19 heavy (non-hydrogen) atoms. The molecule has 2 aromatic heterocycles. The van der Waals surface area contributed by atoms with Crippen LogP contribution in [0.1, 0.15) is 25.5 Å². The second kappa shape index (κ2) is 6.33. The molecule has 0 atom stereocenters. The highest BCUT2D eigenvalue weighted by Gasteiger charge is 2.09. The number of rotatable bonds is 6. The van der Waals surface area contributed by atoms with Gasteiger partial charge in [0.15, 0.2) is 5.15 Å². The van der Waals surface area contributed by atoms with Crippen LogP contribution in [-0.4, -0.2) is 25.8 Å². The van der Waals surface area contributed by atoms with E-state index in [9.17, 15) is 4.79 Å². The highest BCUT2D eigenvalue weighted by atomic mass is 35.5. The Balaban J connectivity index is 1.80. The monoisotopic (exact) mass is 283 g/mol. The van der Waals surface area contributed by atoms with Gasteiger partial charge < -0.3 is 4.52 Å². The topological polar surface area (TPSA) is 85.8 Å². The fourth-order valence-electron chi connectivity index (χ4n) is 1.52. The van der Waals surface area contributed by atoms with E-state index in [-0.39, 0.29) is 17.5 Å². The van der Waals surface area contributed by atoms with Gasteiger partial charge in [-0.2, -0.15) is 0 Å². The Kier molecular flexibility index (Phi) is 4.51. The quantitative estimate of drug-likeness (QED) is 0.875. The molecule has 0 aliphatic carbocycles. The van der Waals surface area contributed by atoms with Crippen molar-refractivity contribution in [2.75, 3.05) is 5.32 Å². The zero-order valence-electron chi connectivity index (χ0n) is 10.5. The number of nitrogens with zero attached hydrogens (tertiary/aromatic N) is 4. The molecule has 1 amide bonds. The van der Waals surface area contributed by atoms with Gasteiger partial charge in [-0.05, 0) is 6.42 Å². The van der Waals surface area contributed by atoms with Crippen LogP contribution in [-0.2, 0) is 17.8 Å². The maximum Gasteiger partial charge on any atom is 0.248 e. The summed E-state index contributed by atoms with van der Waals surface area (Å²) in [5.74, 6) is 0.709. The molecule has 0 radical (unpaired) electrons. The molecule has 2 aromatic rings. The summed E-state index contributed by atoms with van der Waals surface area (Å²) in [6.07, 6.45) is 3.24. The minimum Gasteiger partial charge on any atom is -0.360 e. The Bertz CT molecular complexity index is 551. The first kappa shape index (κ1) is 13.5. The third kappa shape index (κ3) is 4.06. The summed E-state index contributed by atoms with van der Waals surface area (Å²) >= 11 is 5.61. The van der Waals surface area contributed by atoms with Crippen LogP contribution in [0.5, 0.6) is 0 Å². The molecule has 0 saturated heterocycles. The van der Waals surface area contributed by atoms with Gasteiger partial charge >= 0.3 is 0 Å². The molecule has 0 aliphatic heterocycles. The van der Waals surface area contributed by atoms with E-state index in [2.05, 4.69) is 20.6 Å². The van der Waals surface area contributed by atoms with Gasteiger partial charge in [0.1, 0.15) is 12.1 Å². The van der Waals surface area contributed by atoms with Crippen LogP contribution in [0.25, 0.3) is 0 Å². The number of carbonyl (C=O) groups excluding carboxylic acids is 1. The molecule has 0 aromatic carbocycles. The van der Waals surface area contributed by atoms with Gasteiger partial charge in [-0.15, -0.1) is 5.10 Å². The van der Waals surface area contributed by atoms with Gasteiger partial charge in [0.25, 0.3) is 0 Å². The fraction of sp³-hybridized carbons (Fsp3) is 0.455. The Morgan fingerprint density at radius 2 is 2.42 bits per heavy atom. The minimum absolute atomic E-state index is 0.179. The van der Waals surface area contributed by atoms with Crippen molar-refractivity contribution < 1.29 is 9.32 Å². The molecule has 0 unspecified atom stereocenters. The second-order valence-corrected chi connectivity index (χ2v) is 4.38. The molecule has 0 spiro atoms. The van der Waals surface area contributed by atoms with Crippen molar-refractivity contribution in [2.45, 2.75) is 32.7 Å². The largest absolute Gasteiger partial charge is 0.360 e. The minimum atomic E-state index is -0.179. The molecule has 0 fully saturated rings. The van der Waals surface area contributed by atoms with E-state index in [1.165, 1.54) is 0 Å². The highest BCUT2D eigenvalue weighted by molar-refractivity contribution is 6.29. The Morgan fingerprint density at radius 3 is 3.11 bits per heavy atom. The van der Waals surface area contributed by atoms with Crippen LogP contribution in [0, 0.1) is 0 Å². The van der Waals surface area contributed by atoms with Crippen molar-refractivity contribution in [3.63, 3.8) is 0 Å². The van der Waals surface area contributed by atoms with Gasteiger partial charge in [-0.25, -0.2) is 4.98 Å². The maximum absolute atomic E-state index is 11.7. The second-order valence-electron chi connectivity index (χ2n) is 4.00. The van der Waals surface area contributed by atoms with E-state index < -0.39 is 0 Å². The van der Waals surface area contributed by atoms with Crippen molar-refractivity contribution in [3.05, 3.63) is 23.3 Å². The third-order valence-corrected chi connectivity index (χ3v) is 2.55. The Hall–Kier alpha value is -1.89. The van der Waals surface area contributed by atoms with E-state index in [4.69, 9.17) is 16.1 Å². The average Bonchev–Trinajstić information content (AvgIpc) is 2.97. The van der Waals surface area contributed by atoms with Crippen LogP contribution in [0.3, 0.4) is 0 Å². The van der Waals surface area contributed by atoms with Crippen LogP contribution < -0.4 is 5.32 Å². The smallest absolute Gasteiger partial charge is 0.248 e. The number of halogens is 1. The lowest BCUT2D eigenvalue weighted by atomic mass is 10.2. The summed E-state index contributed by atoms with van der Waals surface area (Å²) in [7, 11) is 0. The van der Waals surface area contributed by atoms with Crippen molar-refractivity contribution >= 4 is 23.5 Å². The van der Waals surface area contributed by atoms with Gasteiger partial charge in [-0.1, -0.05) is 23.7 Å². The summed E-state index contributed by atoms with van der Waals surface area (Å²) in [5.41, 5.74) is 0. The predicted molar refractivity (Wildman–Crippen MR) is 68.8 cm³/mol. The van der Waals surface area contributed by atoms with Crippen molar-refractivity contribution in [1.82, 2.24) is 19.9 Å². The number of hydrogen-bond acceptors (Lipinski definition) is 5. The molecule has 7 nitrogen and oxygen atoms in total. The standard InChI is InChI=1S/C11H14ClN5O2/c1-2-5-17-7-13-11(15-17)14-10(18)4-3-8-6-9(12)16-19-8/h6-7H,2-5H2,1H3,(H,14,15,18). The number of anilines is 1. The van der Waals surface area contributed by atoms with Crippen LogP contribution in [0.15, 0.2) is 16.9 Å². The van der Waals surface area contributed by atoms with Crippen LogP contribution >= 0.6 is 11.6 Å². The van der Waals surface area contributed by atoms with Crippen molar-refractivity contribution in [1.29, 1.82) is 0 Å². The number of nitrogens with one attached hydrogen (secondary N) is 1. The Morgan fingerprint density at radius 1 is 1.58 bits per heavy atom. The molecule has 102 valence electrons. The van der Waals surface area contributed by atoms with E-state index in [1.54, 1.807) is 17.1 Å². The number of hydrogen-bond donors (Lipinski definition) is 1. The molecule has 2 heterocycles. The fourth-order valence-corrected chi connectivity index (χ4v) is 1.67. The predicted octanol–water partition coefficient (Wildman–Crippen LogP) is 1.90. The van der Waals surface area contributed by atoms with Crippen molar-refractivity contribution in [2.24, 2.45) is 0 Å². The SMILES string of the molecule is CCCn1cnc(NC(=O)CCc2cc(Cl)no2)n1. The molecule has 0 aliphatic rings. The van der Waals surface area contributed by atoms with E-state index >= 15 is 0 Å². The normalized spacial score (nSPS) is 10.6. The van der Waals surface area contributed by atoms with Gasteiger partial charge in [0.05, 0.1) is 0 Å². The number of amides is 1. The van der Waals surface area contributed by atoms with Gasteiger partial charge in [0.2, 0.25) is 11.9 Å². The lowest BCUT2D eigenvalue weighted by Crippen LogP contribution is -2.13. The lowest BCUT2D eigenvalue weighted by molar-refractivity contribution is -0.116. The Labute approximate surface area is 114 Å². The zero-order chi connectivity index (χ0) is 13.7. The summed E-state index contributed by atoms with van der Waals surface area (Å²) in [6.45, 7) is 2.82. The van der Waals surface area contributed by atoms with Gasteiger partial charge in [0, 0.05) is 25.5 Å². The molecule has 2 rings (SSSR count). The summed E-state index contributed by atoms with van der Waals surface area (Å²) < 4.78 is 6.59. The highest BCUT2D eigenvalue weighted by Crippen LogP contribution is 2.11. The van der Waals surface area contributed by atoms with E-state index in [0.29, 0.717) is 18.1 Å². The molecular formula is C11H14ClN5O2. The summed E-state index contributed by atoms with van der Waals surface area (Å²) in [5, 5.41) is 10.6. The van der Waals surface area contributed by atoms with E-state index in [0.717, 1.165) is 13.0 Å². The number of carbonyl (C=O) groups is 1.